The van der Waals surface area contributed by atoms with E-state index in [0.717, 1.165) is 23.7 Å². The van der Waals surface area contributed by atoms with E-state index in [1.165, 1.54) is 22.5 Å². The number of likely N-dealkylation sites (N-methyl/N-ethyl adjacent to an activating group) is 1. The minimum Gasteiger partial charge on any atom is -0.390 e. The number of hydrogen-bond donors (Lipinski definition) is 2. The second-order valence-corrected chi connectivity index (χ2v) is 12.3. The first kappa shape index (κ1) is 24.4. The molecule has 2 aromatic carbocycles. The van der Waals surface area contributed by atoms with Gasteiger partial charge in [-0.3, -0.25) is 0 Å². The molecule has 1 unspecified atom stereocenters. The maximum Gasteiger partial charge on any atom is 0.243 e. The molecule has 0 saturated heterocycles. The van der Waals surface area contributed by atoms with E-state index in [-0.39, 0.29) is 17.0 Å². The Hall–Kier alpha value is -1.25. The first-order valence-electron chi connectivity index (χ1n) is 10.7. The highest BCUT2D eigenvalue weighted by Crippen LogP contribution is 2.32. The highest BCUT2D eigenvalue weighted by atomic mass is 79.9. The quantitative estimate of drug-likeness (QED) is 0.538. The number of hydrogen-bond acceptors (Lipinski definition) is 4. The molecule has 0 amide bonds. The standard InChI is InChI=1S/C24H33BrN2O3S/c1-17-11-21(25)9-10-23(17)31(29,30)27(4)16-22(28)15-26-24(2,3)14-18-12-19-7-5-6-8-20(19)13-18/h5-11,18,22,26,28H,12-16H2,1-4H3. The van der Waals surface area contributed by atoms with Gasteiger partial charge in [0.2, 0.25) is 10.0 Å². The van der Waals surface area contributed by atoms with Crippen molar-refractivity contribution in [3.63, 3.8) is 0 Å². The number of aliphatic hydroxyl groups excluding tert-OH is 1. The van der Waals surface area contributed by atoms with Crippen molar-refractivity contribution in [2.24, 2.45) is 5.92 Å². The van der Waals surface area contributed by atoms with Crippen molar-refractivity contribution in [3.8, 4) is 0 Å². The number of aliphatic hydroxyl groups is 1. The van der Waals surface area contributed by atoms with E-state index in [1.807, 2.05) is 0 Å². The smallest absolute Gasteiger partial charge is 0.243 e. The number of β-amino-alcohol motifs (C(OH)–C–C–N with tert-alkyl or cyclic N) is 1. The molecule has 1 aliphatic rings. The van der Waals surface area contributed by atoms with Gasteiger partial charge in [0.05, 0.1) is 11.0 Å². The van der Waals surface area contributed by atoms with Crippen LogP contribution < -0.4 is 5.32 Å². The zero-order valence-corrected chi connectivity index (χ0v) is 21.1. The maximum atomic E-state index is 12.9. The normalized spacial score (nSPS) is 16.0. The van der Waals surface area contributed by atoms with Crippen molar-refractivity contribution in [1.82, 2.24) is 9.62 Å². The minimum absolute atomic E-state index is 0.0375. The molecule has 2 N–H and O–H groups in total. The van der Waals surface area contributed by atoms with Gasteiger partial charge in [0.15, 0.2) is 0 Å². The number of aryl methyl sites for hydroxylation is 1. The van der Waals surface area contributed by atoms with Crippen LogP contribution in [0.15, 0.2) is 51.8 Å². The molecule has 0 heterocycles. The third kappa shape index (κ3) is 6.17. The van der Waals surface area contributed by atoms with Crippen LogP contribution in [0.4, 0.5) is 0 Å². The number of benzene rings is 2. The van der Waals surface area contributed by atoms with E-state index >= 15 is 0 Å². The van der Waals surface area contributed by atoms with Crippen molar-refractivity contribution in [2.75, 3.05) is 20.1 Å². The van der Waals surface area contributed by atoms with Gasteiger partial charge in [-0.25, -0.2) is 8.42 Å². The summed E-state index contributed by atoms with van der Waals surface area (Å²) in [6.45, 7) is 6.44. The van der Waals surface area contributed by atoms with Crippen molar-refractivity contribution >= 4 is 26.0 Å². The fraction of sp³-hybridized carbons (Fsp3) is 0.500. The van der Waals surface area contributed by atoms with E-state index < -0.39 is 16.1 Å². The number of rotatable bonds is 9. The predicted octanol–water partition coefficient (Wildman–Crippen LogP) is 3.91. The molecular weight excluding hydrogens is 476 g/mol. The van der Waals surface area contributed by atoms with Gasteiger partial charge in [-0.05, 0) is 80.8 Å². The number of nitrogens with zero attached hydrogens (tertiary/aromatic N) is 1. The minimum atomic E-state index is -3.66. The Bertz CT molecular complexity index is 998. The fourth-order valence-electron chi connectivity index (χ4n) is 4.51. The molecule has 0 bridgehead atoms. The number of sulfonamides is 1. The Kier molecular flexibility index (Phi) is 7.64. The number of fused-ring (bicyclic) bond motifs is 1. The van der Waals surface area contributed by atoms with E-state index in [4.69, 9.17) is 0 Å². The van der Waals surface area contributed by atoms with E-state index in [2.05, 4.69) is 59.4 Å². The number of nitrogens with one attached hydrogen (secondary N) is 1. The largest absolute Gasteiger partial charge is 0.390 e. The van der Waals surface area contributed by atoms with Crippen LogP contribution in [-0.2, 0) is 22.9 Å². The van der Waals surface area contributed by atoms with Gasteiger partial charge in [-0.1, -0.05) is 40.2 Å². The third-order valence-electron chi connectivity index (χ3n) is 6.04. The SMILES string of the molecule is Cc1cc(Br)ccc1S(=O)(=O)N(C)CC(O)CNC(C)(C)CC1Cc2ccccc2C1. The van der Waals surface area contributed by atoms with Crippen molar-refractivity contribution in [1.29, 1.82) is 0 Å². The van der Waals surface area contributed by atoms with Gasteiger partial charge >= 0.3 is 0 Å². The van der Waals surface area contributed by atoms with Gasteiger partial charge in [0.1, 0.15) is 0 Å². The van der Waals surface area contributed by atoms with Gasteiger partial charge in [-0.15, -0.1) is 0 Å². The Labute approximate surface area is 195 Å². The Balaban J connectivity index is 1.52. The van der Waals surface area contributed by atoms with Crippen molar-refractivity contribution in [3.05, 3.63) is 63.6 Å². The van der Waals surface area contributed by atoms with Crippen molar-refractivity contribution in [2.45, 2.75) is 56.6 Å². The van der Waals surface area contributed by atoms with Crippen LogP contribution >= 0.6 is 15.9 Å². The van der Waals surface area contributed by atoms with E-state index in [9.17, 15) is 13.5 Å². The third-order valence-corrected chi connectivity index (χ3v) is 8.52. The van der Waals surface area contributed by atoms with Crippen LogP contribution in [0.2, 0.25) is 0 Å². The summed E-state index contributed by atoms with van der Waals surface area (Å²) in [5.74, 6) is 0.584. The second kappa shape index (κ2) is 9.71. The van der Waals surface area contributed by atoms with Gasteiger partial charge in [0, 0.05) is 30.1 Å². The Morgan fingerprint density at radius 1 is 1.19 bits per heavy atom. The molecule has 0 radical (unpaired) electrons. The lowest BCUT2D eigenvalue weighted by atomic mass is 9.88. The first-order chi connectivity index (χ1) is 14.5. The maximum absolute atomic E-state index is 12.9. The topological polar surface area (TPSA) is 69.6 Å². The highest BCUT2D eigenvalue weighted by Gasteiger charge is 2.29. The molecule has 0 saturated carbocycles. The average Bonchev–Trinajstić information content (AvgIpc) is 3.07. The summed E-state index contributed by atoms with van der Waals surface area (Å²) in [6, 6.07) is 13.7. The van der Waals surface area contributed by atoms with E-state index in [1.54, 1.807) is 25.1 Å². The zero-order chi connectivity index (χ0) is 22.8. The van der Waals surface area contributed by atoms with Crippen molar-refractivity contribution < 1.29 is 13.5 Å². The average molecular weight is 510 g/mol. The van der Waals surface area contributed by atoms with Crippen LogP contribution in [-0.4, -0.2) is 49.6 Å². The van der Waals surface area contributed by atoms with Crippen LogP contribution in [0.25, 0.3) is 0 Å². The van der Waals surface area contributed by atoms with Gasteiger partial charge in [-0.2, -0.15) is 4.31 Å². The number of halogens is 1. The molecule has 1 atom stereocenters. The lowest BCUT2D eigenvalue weighted by Gasteiger charge is -2.31. The molecule has 0 aromatic heterocycles. The monoisotopic (exact) mass is 508 g/mol. The van der Waals surface area contributed by atoms with Crippen LogP contribution in [0.3, 0.4) is 0 Å². The summed E-state index contributed by atoms with van der Waals surface area (Å²) in [5.41, 5.74) is 3.41. The molecular formula is C24H33BrN2O3S. The molecule has 3 rings (SSSR count). The molecule has 170 valence electrons. The van der Waals surface area contributed by atoms with E-state index in [0.29, 0.717) is 18.0 Å². The molecule has 0 spiro atoms. The Morgan fingerprint density at radius 3 is 2.39 bits per heavy atom. The first-order valence-corrected chi connectivity index (χ1v) is 12.9. The van der Waals surface area contributed by atoms with Crippen LogP contribution in [0, 0.1) is 12.8 Å². The fourth-order valence-corrected chi connectivity index (χ4v) is 6.40. The molecule has 31 heavy (non-hydrogen) atoms. The Morgan fingerprint density at radius 2 is 1.81 bits per heavy atom. The molecule has 0 fully saturated rings. The van der Waals surface area contributed by atoms with Gasteiger partial charge < -0.3 is 10.4 Å². The highest BCUT2D eigenvalue weighted by molar-refractivity contribution is 9.10. The molecule has 0 aliphatic heterocycles. The summed E-state index contributed by atoms with van der Waals surface area (Å²) < 4.78 is 27.9. The second-order valence-electron chi connectivity index (χ2n) is 9.36. The molecule has 5 nitrogen and oxygen atoms in total. The zero-order valence-electron chi connectivity index (χ0n) is 18.7. The lowest BCUT2D eigenvalue weighted by molar-refractivity contribution is 0.135. The van der Waals surface area contributed by atoms with Crippen LogP contribution in [0.1, 0.15) is 37.0 Å². The summed E-state index contributed by atoms with van der Waals surface area (Å²) in [4.78, 5) is 0.263. The summed E-state index contributed by atoms with van der Waals surface area (Å²) in [6.07, 6.45) is 2.39. The van der Waals surface area contributed by atoms with Crippen LogP contribution in [0.5, 0.6) is 0 Å². The van der Waals surface area contributed by atoms with Gasteiger partial charge in [0.25, 0.3) is 0 Å². The summed E-state index contributed by atoms with van der Waals surface area (Å²) in [7, 11) is -2.14. The molecule has 7 heteroatoms. The molecule has 2 aromatic rings. The lowest BCUT2D eigenvalue weighted by Crippen LogP contribution is -2.47. The molecule has 1 aliphatic carbocycles. The summed E-state index contributed by atoms with van der Waals surface area (Å²) in [5, 5.41) is 14.0. The summed E-state index contributed by atoms with van der Waals surface area (Å²) >= 11 is 3.36. The predicted molar refractivity (Wildman–Crippen MR) is 129 cm³/mol.